The maximum absolute atomic E-state index is 11.8. The van der Waals surface area contributed by atoms with E-state index in [0.29, 0.717) is 17.1 Å². The van der Waals surface area contributed by atoms with Crippen molar-refractivity contribution in [2.45, 2.75) is 13.8 Å². The van der Waals surface area contributed by atoms with Gasteiger partial charge in [-0.3, -0.25) is 9.59 Å². The van der Waals surface area contributed by atoms with Crippen LogP contribution in [0, 0.1) is 6.92 Å². The second kappa shape index (κ2) is 7.22. The molecule has 0 spiro atoms. The van der Waals surface area contributed by atoms with Crippen molar-refractivity contribution < 1.29 is 9.59 Å². The minimum Gasteiger partial charge on any atom is -0.399 e. The first-order valence-corrected chi connectivity index (χ1v) is 7.04. The molecule has 0 unspecified atom stereocenters. The molecular formula is C17H18N4O2. The van der Waals surface area contributed by atoms with Crippen LogP contribution in [0.4, 0.5) is 11.4 Å². The van der Waals surface area contributed by atoms with Crippen molar-refractivity contribution >= 4 is 28.9 Å². The van der Waals surface area contributed by atoms with E-state index in [1.165, 1.54) is 0 Å². The van der Waals surface area contributed by atoms with Crippen molar-refractivity contribution in [1.29, 1.82) is 0 Å². The molecule has 0 aliphatic heterocycles. The summed E-state index contributed by atoms with van der Waals surface area (Å²) >= 11 is 0. The van der Waals surface area contributed by atoms with E-state index >= 15 is 0 Å². The lowest BCUT2D eigenvalue weighted by Gasteiger charge is -2.05. The molecule has 0 heterocycles. The minimum absolute atomic E-state index is 0.551. The zero-order valence-electron chi connectivity index (χ0n) is 13.0. The summed E-state index contributed by atoms with van der Waals surface area (Å²) in [7, 11) is 0. The zero-order valence-corrected chi connectivity index (χ0v) is 13.0. The molecule has 23 heavy (non-hydrogen) atoms. The van der Waals surface area contributed by atoms with E-state index < -0.39 is 11.8 Å². The quantitative estimate of drug-likeness (QED) is 0.350. The first-order valence-electron chi connectivity index (χ1n) is 7.04. The molecule has 0 saturated heterocycles. The normalized spacial score (nSPS) is 11.0. The van der Waals surface area contributed by atoms with Crippen LogP contribution >= 0.6 is 0 Å². The van der Waals surface area contributed by atoms with Gasteiger partial charge in [-0.15, -0.1) is 0 Å². The van der Waals surface area contributed by atoms with Gasteiger partial charge in [0.2, 0.25) is 0 Å². The van der Waals surface area contributed by atoms with Crippen molar-refractivity contribution in [3.8, 4) is 0 Å². The Bertz CT molecular complexity index is 734. The maximum Gasteiger partial charge on any atom is 0.329 e. The summed E-state index contributed by atoms with van der Waals surface area (Å²) in [4.78, 5) is 23.5. The molecule has 0 atom stereocenters. The Morgan fingerprint density at radius 2 is 1.57 bits per heavy atom. The van der Waals surface area contributed by atoms with Gasteiger partial charge < -0.3 is 11.1 Å². The standard InChI is InChI=1S/C17H18N4O2/c1-11-3-9-15(10-4-11)19-16(22)17(23)21-20-12(2)13-5-7-14(18)8-6-13/h3-10H,18H2,1-2H3,(H,19,22)(H,21,23)/b20-12-. The van der Waals surface area contributed by atoms with E-state index in [2.05, 4.69) is 15.8 Å². The number of carbonyl (C=O) groups is 2. The van der Waals surface area contributed by atoms with Crippen LogP contribution in [-0.4, -0.2) is 17.5 Å². The van der Waals surface area contributed by atoms with Gasteiger partial charge in [-0.05, 0) is 43.7 Å². The highest BCUT2D eigenvalue weighted by Crippen LogP contribution is 2.08. The number of nitrogens with two attached hydrogens (primary N) is 1. The van der Waals surface area contributed by atoms with Crippen molar-refractivity contribution in [2.75, 3.05) is 11.1 Å². The maximum atomic E-state index is 11.8. The Morgan fingerprint density at radius 3 is 2.17 bits per heavy atom. The van der Waals surface area contributed by atoms with Gasteiger partial charge in [0.15, 0.2) is 0 Å². The van der Waals surface area contributed by atoms with Gasteiger partial charge in [-0.2, -0.15) is 5.10 Å². The number of carbonyl (C=O) groups excluding carboxylic acids is 2. The second-order valence-corrected chi connectivity index (χ2v) is 5.08. The number of hydrogen-bond acceptors (Lipinski definition) is 4. The molecule has 0 aliphatic rings. The van der Waals surface area contributed by atoms with E-state index in [9.17, 15) is 9.59 Å². The van der Waals surface area contributed by atoms with Gasteiger partial charge in [-0.1, -0.05) is 29.8 Å². The molecule has 0 aliphatic carbocycles. The van der Waals surface area contributed by atoms with Crippen LogP contribution < -0.4 is 16.5 Å². The van der Waals surface area contributed by atoms with Gasteiger partial charge in [0.1, 0.15) is 0 Å². The average Bonchev–Trinajstić information content (AvgIpc) is 2.55. The number of anilines is 2. The number of benzene rings is 2. The molecule has 6 heteroatoms. The predicted molar refractivity (Wildman–Crippen MR) is 91.0 cm³/mol. The monoisotopic (exact) mass is 310 g/mol. The molecule has 118 valence electrons. The summed E-state index contributed by atoms with van der Waals surface area (Å²) in [5.41, 5.74) is 11.5. The SMILES string of the molecule is C/C(=N/NC(=O)C(=O)Nc1ccc(C)cc1)c1ccc(N)cc1. The Balaban J connectivity index is 1.95. The highest BCUT2D eigenvalue weighted by molar-refractivity contribution is 6.39. The number of hydrazone groups is 1. The molecular weight excluding hydrogens is 292 g/mol. The number of hydrogen-bond donors (Lipinski definition) is 3. The highest BCUT2D eigenvalue weighted by atomic mass is 16.2. The fraction of sp³-hybridized carbons (Fsp3) is 0.118. The average molecular weight is 310 g/mol. The van der Waals surface area contributed by atoms with E-state index in [-0.39, 0.29) is 0 Å². The van der Waals surface area contributed by atoms with Gasteiger partial charge in [0, 0.05) is 11.4 Å². The first kappa shape index (κ1) is 16.2. The van der Waals surface area contributed by atoms with Crippen molar-refractivity contribution in [2.24, 2.45) is 5.10 Å². The Labute approximate surface area is 134 Å². The van der Waals surface area contributed by atoms with Crippen LogP contribution in [-0.2, 0) is 9.59 Å². The molecule has 0 saturated carbocycles. The number of nitrogens with zero attached hydrogens (tertiary/aromatic N) is 1. The predicted octanol–water partition coefficient (Wildman–Crippen LogP) is 2.06. The third kappa shape index (κ3) is 4.67. The van der Waals surface area contributed by atoms with Crippen LogP contribution in [0.1, 0.15) is 18.1 Å². The third-order valence-corrected chi connectivity index (χ3v) is 3.17. The first-order chi connectivity index (χ1) is 11.0. The van der Waals surface area contributed by atoms with Gasteiger partial charge in [0.25, 0.3) is 0 Å². The molecule has 0 fully saturated rings. The molecule has 0 bridgehead atoms. The summed E-state index contributed by atoms with van der Waals surface area (Å²) in [6.45, 7) is 3.66. The molecule has 2 aromatic rings. The third-order valence-electron chi connectivity index (χ3n) is 3.17. The fourth-order valence-electron chi connectivity index (χ4n) is 1.80. The van der Waals surface area contributed by atoms with Crippen molar-refractivity contribution in [3.05, 3.63) is 59.7 Å². The molecule has 2 amide bonds. The van der Waals surface area contributed by atoms with Gasteiger partial charge >= 0.3 is 11.8 Å². The molecule has 2 aromatic carbocycles. The minimum atomic E-state index is -0.833. The van der Waals surface area contributed by atoms with Crippen LogP contribution in [0.3, 0.4) is 0 Å². The summed E-state index contributed by atoms with van der Waals surface area (Å²) in [6, 6.07) is 14.2. The molecule has 0 aromatic heterocycles. The van der Waals surface area contributed by atoms with Crippen LogP contribution in [0.15, 0.2) is 53.6 Å². The lowest BCUT2D eigenvalue weighted by Crippen LogP contribution is -2.32. The lowest BCUT2D eigenvalue weighted by atomic mass is 10.1. The van der Waals surface area contributed by atoms with E-state index in [1.807, 2.05) is 19.1 Å². The van der Waals surface area contributed by atoms with Crippen LogP contribution in [0.5, 0.6) is 0 Å². The summed E-state index contributed by atoms with van der Waals surface area (Å²) in [5.74, 6) is -1.61. The number of amides is 2. The fourth-order valence-corrected chi connectivity index (χ4v) is 1.80. The Hall–Kier alpha value is -3.15. The van der Waals surface area contributed by atoms with E-state index in [1.54, 1.807) is 43.3 Å². The summed E-state index contributed by atoms with van der Waals surface area (Å²) < 4.78 is 0. The summed E-state index contributed by atoms with van der Waals surface area (Å²) in [5, 5.41) is 6.42. The second-order valence-electron chi connectivity index (χ2n) is 5.08. The number of rotatable bonds is 3. The topological polar surface area (TPSA) is 96.6 Å². The number of nitrogen functional groups attached to an aromatic ring is 1. The van der Waals surface area contributed by atoms with Gasteiger partial charge in [0.05, 0.1) is 5.71 Å². The van der Waals surface area contributed by atoms with Crippen molar-refractivity contribution in [1.82, 2.24) is 5.43 Å². The Morgan fingerprint density at radius 1 is 0.957 bits per heavy atom. The van der Waals surface area contributed by atoms with Gasteiger partial charge in [-0.25, -0.2) is 5.43 Å². The zero-order chi connectivity index (χ0) is 16.8. The van der Waals surface area contributed by atoms with Crippen LogP contribution in [0.25, 0.3) is 0 Å². The smallest absolute Gasteiger partial charge is 0.329 e. The highest BCUT2D eigenvalue weighted by Gasteiger charge is 2.13. The molecule has 4 N–H and O–H groups in total. The molecule has 6 nitrogen and oxygen atoms in total. The van der Waals surface area contributed by atoms with Crippen LogP contribution in [0.2, 0.25) is 0 Å². The molecule has 2 rings (SSSR count). The lowest BCUT2D eigenvalue weighted by molar-refractivity contribution is -0.136. The van der Waals surface area contributed by atoms with Crippen molar-refractivity contribution in [3.63, 3.8) is 0 Å². The number of nitrogens with one attached hydrogen (secondary N) is 2. The van der Waals surface area contributed by atoms with E-state index in [0.717, 1.165) is 11.1 Å². The molecule has 0 radical (unpaired) electrons. The summed E-state index contributed by atoms with van der Waals surface area (Å²) in [6.07, 6.45) is 0. The Kier molecular flexibility index (Phi) is 5.09. The van der Waals surface area contributed by atoms with E-state index in [4.69, 9.17) is 5.73 Å². The largest absolute Gasteiger partial charge is 0.399 e. The number of aryl methyl sites for hydroxylation is 1.